The van der Waals surface area contributed by atoms with Crippen LogP contribution in [0.15, 0.2) is 29.9 Å². The summed E-state index contributed by atoms with van der Waals surface area (Å²) < 4.78 is 9.09. The Kier molecular flexibility index (Phi) is 8.74. The van der Waals surface area contributed by atoms with Gasteiger partial charge in [-0.25, -0.2) is 4.57 Å². The molecule has 6 heteroatoms. The van der Waals surface area contributed by atoms with E-state index in [0.717, 1.165) is 12.2 Å². The largest absolute Gasteiger partial charge is 1.00 e. The normalized spacial score (nSPS) is 11.0. The van der Waals surface area contributed by atoms with Gasteiger partial charge in [-0.2, -0.15) is 4.57 Å². The van der Waals surface area contributed by atoms with E-state index >= 15 is 0 Å². The lowest BCUT2D eigenvalue weighted by molar-refractivity contribution is -0.672. The average Bonchev–Trinajstić information content (AvgIpc) is 2.66. The number of hydrogen-bond donors (Lipinski definition) is 1. The van der Waals surface area contributed by atoms with Crippen LogP contribution in [0.25, 0.3) is 0 Å². The van der Waals surface area contributed by atoms with Crippen molar-refractivity contribution in [3.05, 3.63) is 30.6 Å². The van der Waals surface area contributed by atoms with E-state index in [1.807, 2.05) is 34.7 Å². The average molecular weight is 274 g/mol. The zero-order valence-corrected chi connectivity index (χ0v) is 11.5. The third kappa shape index (κ3) is 5.23. The third-order valence-corrected chi connectivity index (χ3v) is 2.43. The molecule has 1 rings (SSSR count). The highest BCUT2D eigenvalue weighted by Gasteiger charge is 2.11. The molecule has 0 aliphatic carbocycles. The van der Waals surface area contributed by atoms with Gasteiger partial charge in [0, 0.05) is 0 Å². The molecule has 5 nitrogen and oxygen atoms in total. The van der Waals surface area contributed by atoms with Gasteiger partial charge in [-0.15, -0.1) is 0 Å². The number of allylic oxidation sites excluding steroid dienone is 1. The third-order valence-electron chi connectivity index (χ3n) is 2.43. The van der Waals surface area contributed by atoms with Crippen molar-refractivity contribution in [3.8, 4) is 0 Å². The lowest BCUT2D eigenvalue weighted by Crippen LogP contribution is -3.00. The van der Waals surface area contributed by atoms with Crippen molar-refractivity contribution >= 4 is 6.21 Å². The van der Waals surface area contributed by atoms with Gasteiger partial charge in [-0.05, 0) is 18.9 Å². The maximum absolute atomic E-state index is 8.54. The Hall–Kier alpha value is -1.49. The summed E-state index contributed by atoms with van der Waals surface area (Å²) in [4.78, 5) is 0. The minimum absolute atomic E-state index is 0. The second-order valence-electron chi connectivity index (χ2n) is 3.79. The van der Waals surface area contributed by atoms with Crippen LogP contribution in [-0.2, 0) is 18.5 Å². The zero-order chi connectivity index (χ0) is 12.5. The van der Waals surface area contributed by atoms with Crippen molar-refractivity contribution in [2.45, 2.75) is 32.9 Å². The van der Waals surface area contributed by atoms with Crippen LogP contribution < -0.4 is 17.0 Å². The van der Waals surface area contributed by atoms with Gasteiger partial charge in [0.15, 0.2) is 6.21 Å². The minimum atomic E-state index is 0. The molecule has 1 N–H and O–H groups in total. The molecule has 0 radical (unpaired) electrons. The SMILES string of the molecule is CCCCC=COCn1cc[n+](C)c1C=NO.[Cl-]. The lowest BCUT2D eigenvalue weighted by Gasteiger charge is -1.98. The number of unbranched alkanes of at least 4 members (excludes halogenated alkanes) is 2. The second-order valence-corrected chi connectivity index (χ2v) is 3.79. The summed E-state index contributed by atoms with van der Waals surface area (Å²) in [6.07, 6.45) is 12.3. The molecule has 0 aliphatic rings. The van der Waals surface area contributed by atoms with Crippen molar-refractivity contribution in [2.75, 3.05) is 0 Å². The van der Waals surface area contributed by atoms with Crippen LogP contribution in [0, 0.1) is 0 Å². The van der Waals surface area contributed by atoms with E-state index in [1.54, 1.807) is 6.26 Å². The van der Waals surface area contributed by atoms with Crippen molar-refractivity contribution in [1.82, 2.24) is 4.57 Å². The summed E-state index contributed by atoms with van der Waals surface area (Å²) in [7, 11) is 1.88. The first kappa shape index (κ1) is 16.5. The predicted octanol–water partition coefficient (Wildman–Crippen LogP) is -1.20. The van der Waals surface area contributed by atoms with Crippen LogP contribution in [0.1, 0.15) is 32.0 Å². The van der Waals surface area contributed by atoms with Crippen LogP contribution in [-0.4, -0.2) is 16.0 Å². The van der Waals surface area contributed by atoms with E-state index in [2.05, 4.69) is 12.1 Å². The first-order chi connectivity index (χ1) is 8.29. The number of ether oxygens (including phenoxy) is 1. The van der Waals surface area contributed by atoms with Gasteiger partial charge < -0.3 is 22.4 Å². The Morgan fingerprint density at radius 2 is 2.33 bits per heavy atom. The molecule has 0 saturated heterocycles. The van der Waals surface area contributed by atoms with E-state index in [9.17, 15) is 0 Å². The van der Waals surface area contributed by atoms with Gasteiger partial charge >= 0.3 is 5.82 Å². The fourth-order valence-corrected chi connectivity index (χ4v) is 1.44. The molecule has 0 fully saturated rings. The van der Waals surface area contributed by atoms with Crippen molar-refractivity contribution in [1.29, 1.82) is 0 Å². The van der Waals surface area contributed by atoms with E-state index in [0.29, 0.717) is 6.73 Å². The Bertz CT molecular complexity index is 389. The summed E-state index contributed by atoms with van der Waals surface area (Å²) in [6.45, 7) is 2.57. The quantitative estimate of drug-likeness (QED) is 0.170. The molecule has 0 bridgehead atoms. The highest BCUT2D eigenvalue weighted by Crippen LogP contribution is 1.97. The molecule has 0 saturated carbocycles. The van der Waals surface area contributed by atoms with Crippen molar-refractivity contribution in [2.24, 2.45) is 12.2 Å². The van der Waals surface area contributed by atoms with Crippen LogP contribution in [0.4, 0.5) is 0 Å². The molecule has 1 aromatic heterocycles. The van der Waals surface area contributed by atoms with Crippen LogP contribution in [0.3, 0.4) is 0 Å². The summed E-state index contributed by atoms with van der Waals surface area (Å²) in [5.41, 5.74) is 0. The van der Waals surface area contributed by atoms with Crippen molar-refractivity contribution in [3.63, 3.8) is 0 Å². The first-order valence-electron chi connectivity index (χ1n) is 5.78. The number of imidazole rings is 1. The fraction of sp³-hybridized carbons (Fsp3) is 0.500. The summed E-state index contributed by atoms with van der Waals surface area (Å²) in [5, 5.41) is 11.6. The van der Waals surface area contributed by atoms with Gasteiger partial charge in [-0.1, -0.05) is 18.5 Å². The monoisotopic (exact) mass is 273 g/mol. The highest BCUT2D eigenvalue weighted by molar-refractivity contribution is 5.72. The van der Waals surface area contributed by atoms with Gasteiger partial charge in [0.2, 0.25) is 6.73 Å². The molecule has 0 atom stereocenters. The lowest BCUT2D eigenvalue weighted by atomic mass is 10.2. The topological polar surface area (TPSA) is 50.6 Å². The number of oxime groups is 1. The summed E-state index contributed by atoms with van der Waals surface area (Å²) in [5.74, 6) is 0.773. The maximum atomic E-state index is 8.54. The summed E-state index contributed by atoms with van der Waals surface area (Å²) >= 11 is 0. The fourth-order valence-electron chi connectivity index (χ4n) is 1.44. The van der Waals surface area contributed by atoms with Crippen molar-refractivity contribution < 1.29 is 26.9 Å². The highest BCUT2D eigenvalue weighted by atomic mass is 35.5. The molecular formula is C12H20ClN3O2. The molecule has 0 spiro atoms. The Morgan fingerprint density at radius 1 is 1.56 bits per heavy atom. The van der Waals surface area contributed by atoms with E-state index in [1.165, 1.54) is 19.1 Å². The number of aromatic nitrogens is 2. The maximum Gasteiger partial charge on any atom is 0.306 e. The minimum Gasteiger partial charge on any atom is -1.00 e. The molecular weight excluding hydrogens is 254 g/mol. The molecule has 1 heterocycles. The number of halogens is 1. The van der Waals surface area contributed by atoms with Gasteiger partial charge in [0.05, 0.1) is 13.3 Å². The molecule has 102 valence electrons. The standard InChI is InChI=1S/C12H19N3O2.ClH/c1-3-4-5-6-9-17-11-15-8-7-14(2)12(15)10-13-16;/h6-10H,3-5,11H2,1-2H3;1H. The van der Waals surface area contributed by atoms with E-state index < -0.39 is 0 Å². The number of hydrogen-bond acceptors (Lipinski definition) is 3. The zero-order valence-electron chi connectivity index (χ0n) is 10.8. The number of rotatable bonds is 7. The first-order valence-corrected chi connectivity index (χ1v) is 5.78. The molecule has 0 aliphatic heterocycles. The van der Waals surface area contributed by atoms with Gasteiger partial charge in [0.1, 0.15) is 12.4 Å². The number of nitrogens with zero attached hydrogens (tertiary/aromatic N) is 3. The Labute approximate surface area is 114 Å². The van der Waals surface area contributed by atoms with Crippen LogP contribution in [0.5, 0.6) is 0 Å². The number of aryl methyl sites for hydroxylation is 1. The van der Waals surface area contributed by atoms with Gasteiger partial charge in [0.25, 0.3) is 0 Å². The summed E-state index contributed by atoms with van der Waals surface area (Å²) in [6, 6.07) is 0. The van der Waals surface area contributed by atoms with E-state index in [-0.39, 0.29) is 12.4 Å². The smallest absolute Gasteiger partial charge is 0.306 e. The molecule has 0 unspecified atom stereocenters. The predicted molar refractivity (Wildman–Crippen MR) is 64.7 cm³/mol. The van der Waals surface area contributed by atoms with Crippen LogP contribution in [0.2, 0.25) is 0 Å². The molecule has 0 amide bonds. The molecule has 0 aromatic carbocycles. The Morgan fingerprint density at radius 3 is 3.00 bits per heavy atom. The van der Waals surface area contributed by atoms with Crippen LogP contribution >= 0.6 is 0 Å². The Balaban J connectivity index is 0.00000289. The van der Waals surface area contributed by atoms with Gasteiger partial charge in [-0.3, -0.25) is 0 Å². The molecule has 18 heavy (non-hydrogen) atoms. The second kappa shape index (κ2) is 9.53. The van der Waals surface area contributed by atoms with E-state index in [4.69, 9.17) is 9.94 Å². The molecule has 1 aromatic rings.